The number of hydrogen-bond donors (Lipinski definition) is 1. The molecule has 0 saturated heterocycles. The van der Waals surface area contributed by atoms with Crippen molar-refractivity contribution >= 4 is 22.7 Å². The fraction of sp³-hybridized carbons (Fsp3) is 0.222. The SMILES string of the molecule is CCn1c(C)cc(/C=C(/C#N)c2nc3ccc(F)cc3[nH]2)c1C. The Kier molecular flexibility index (Phi) is 3.75. The molecule has 2 aromatic heterocycles. The Balaban J connectivity index is 2.09. The van der Waals surface area contributed by atoms with Crippen molar-refractivity contribution in [3.63, 3.8) is 0 Å². The molecular formula is C18H17FN4. The first kappa shape index (κ1) is 15.0. The van der Waals surface area contributed by atoms with Crippen LogP contribution in [0.3, 0.4) is 0 Å². The van der Waals surface area contributed by atoms with E-state index in [0.29, 0.717) is 22.4 Å². The molecule has 4 nitrogen and oxygen atoms in total. The summed E-state index contributed by atoms with van der Waals surface area (Å²) in [4.78, 5) is 7.39. The molecule has 23 heavy (non-hydrogen) atoms. The summed E-state index contributed by atoms with van der Waals surface area (Å²) in [5.41, 5.74) is 4.91. The van der Waals surface area contributed by atoms with Crippen molar-refractivity contribution in [3.05, 3.63) is 52.9 Å². The molecule has 0 saturated carbocycles. The molecular weight excluding hydrogens is 291 g/mol. The third kappa shape index (κ3) is 2.64. The molecule has 0 radical (unpaired) electrons. The summed E-state index contributed by atoms with van der Waals surface area (Å²) < 4.78 is 15.5. The van der Waals surface area contributed by atoms with Crippen LogP contribution in [-0.2, 0) is 6.54 Å². The fourth-order valence-corrected chi connectivity index (χ4v) is 2.88. The Morgan fingerprint density at radius 1 is 1.39 bits per heavy atom. The zero-order chi connectivity index (χ0) is 16.6. The van der Waals surface area contributed by atoms with E-state index in [2.05, 4.69) is 33.6 Å². The van der Waals surface area contributed by atoms with Gasteiger partial charge in [0.1, 0.15) is 17.7 Å². The molecule has 5 heteroatoms. The second-order valence-electron chi connectivity index (χ2n) is 5.49. The van der Waals surface area contributed by atoms with E-state index in [0.717, 1.165) is 23.5 Å². The van der Waals surface area contributed by atoms with Crippen LogP contribution in [0.25, 0.3) is 22.7 Å². The maximum atomic E-state index is 13.3. The maximum Gasteiger partial charge on any atom is 0.149 e. The average molecular weight is 308 g/mol. The van der Waals surface area contributed by atoms with E-state index in [1.165, 1.54) is 12.1 Å². The number of H-pyrrole nitrogens is 1. The van der Waals surface area contributed by atoms with E-state index >= 15 is 0 Å². The number of benzene rings is 1. The van der Waals surface area contributed by atoms with Crippen molar-refractivity contribution < 1.29 is 4.39 Å². The number of halogens is 1. The van der Waals surface area contributed by atoms with Crippen molar-refractivity contribution in [2.45, 2.75) is 27.3 Å². The maximum absolute atomic E-state index is 13.3. The molecule has 0 fully saturated rings. The lowest BCUT2D eigenvalue weighted by molar-refractivity contribution is 0.629. The fourth-order valence-electron chi connectivity index (χ4n) is 2.88. The van der Waals surface area contributed by atoms with Crippen LogP contribution in [0, 0.1) is 31.0 Å². The third-order valence-electron chi connectivity index (χ3n) is 4.05. The van der Waals surface area contributed by atoms with Crippen LogP contribution >= 0.6 is 0 Å². The monoisotopic (exact) mass is 308 g/mol. The lowest BCUT2D eigenvalue weighted by Gasteiger charge is -2.04. The van der Waals surface area contributed by atoms with Crippen LogP contribution in [0.4, 0.5) is 4.39 Å². The van der Waals surface area contributed by atoms with Gasteiger partial charge in [-0.05, 0) is 56.7 Å². The molecule has 0 aliphatic rings. The highest BCUT2D eigenvalue weighted by Crippen LogP contribution is 2.23. The number of allylic oxidation sites excluding steroid dienone is 1. The minimum absolute atomic E-state index is 0.332. The quantitative estimate of drug-likeness (QED) is 0.737. The highest BCUT2D eigenvalue weighted by molar-refractivity contribution is 5.90. The lowest BCUT2D eigenvalue weighted by Crippen LogP contribution is -1.98. The van der Waals surface area contributed by atoms with Crippen LogP contribution in [0.5, 0.6) is 0 Å². The topological polar surface area (TPSA) is 57.4 Å². The van der Waals surface area contributed by atoms with E-state index < -0.39 is 0 Å². The summed E-state index contributed by atoms with van der Waals surface area (Å²) in [5, 5.41) is 9.49. The van der Waals surface area contributed by atoms with Crippen molar-refractivity contribution in [1.82, 2.24) is 14.5 Å². The number of aromatic amines is 1. The van der Waals surface area contributed by atoms with Gasteiger partial charge >= 0.3 is 0 Å². The number of imidazole rings is 1. The Morgan fingerprint density at radius 2 is 2.17 bits per heavy atom. The second kappa shape index (κ2) is 5.73. The van der Waals surface area contributed by atoms with Gasteiger partial charge in [-0.25, -0.2) is 9.37 Å². The lowest BCUT2D eigenvalue weighted by atomic mass is 10.1. The molecule has 0 aliphatic heterocycles. The van der Waals surface area contributed by atoms with Crippen molar-refractivity contribution in [3.8, 4) is 6.07 Å². The van der Waals surface area contributed by atoms with Gasteiger partial charge in [0.2, 0.25) is 0 Å². The van der Waals surface area contributed by atoms with Gasteiger partial charge in [0.15, 0.2) is 0 Å². The Morgan fingerprint density at radius 3 is 2.83 bits per heavy atom. The number of aryl methyl sites for hydroxylation is 1. The third-order valence-corrected chi connectivity index (χ3v) is 4.05. The predicted molar refractivity (Wildman–Crippen MR) is 89.1 cm³/mol. The van der Waals surface area contributed by atoms with Gasteiger partial charge in [-0.3, -0.25) is 0 Å². The molecule has 0 unspecified atom stereocenters. The standard InChI is InChI=1S/C18H17FN4/c1-4-23-11(2)7-13(12(23)3)8-14(10-20)18-21-16-6-5-15(19)9-17(16)22-18/h5-9H,4H2,1-3H3,(H,21,22)/b14-8-. The van der Waals surface area contributed by atoms with Gasteiger partial charge in [-0.15, -0.1) is 0 Å². The Labute approximate surface area is 133 Å². The van der Waals surface area contributed by atoms with Crippen molar-refractivity contribution in [2.24, 2.45) is 0 Å². The van der Waals surface area contributed by atoms with Crippen molar-refractivity contribution in [1.29, 1.82) is 5.26 Å². The number of hydrogen-bond acceptors (Lipinski definition) is 2. The van der Waals surface area contributed by atoms with Crippen LogP contribution in [0.1, 0.15) is 29.7 Å². The van der Waals surface area contributed by atoms with Gasteiger partial charge in [-0.2, -0.15) is 5.26 Å². The van der Waals surface area contributed by atoms with E-state index in [-0.39, 0.29) is 5.82 Å². The molecule has 0 atom stereocenters. The highest BCUT2D eigenvalue weighted by atomic mass is 19.1. The summed E-state index contributed by atoms with van der Waals surface area (Å²) in [7, 11) is 0. The predicted octanol–water partition coefficient (Wildman–Crippen LogP) is 4.20. The van der Waals surface area contributed by atoms with E-state index in [1.54, 1.807) is 6.07 Å². The normalized spacial score (nSPS) is 11.9. The van der Waals surface area contributed by atoms with Gasteiger partial charge in [0.25, 0.3) is 0 Å². The van der Waals surface area contributed by atoms with Crippen LogP contribution in [0.2, 0.25) is 0 Å². The number of rotatable bonds is 3. The minimum atomic E-state index is -0.332. The second-order valence-corrected chi connectivity index (χ2v) is 5.49. The summed E-state index contributed by atoms with van der Waals surface area (Å²) in [6.07, 6.45) is 1.82. The average Bonchev–Trinajstić information content (AvgIpc) is 3.05. The Bertz CT molecular complexity index is 953. The molecule has 3 rings (SSSR count). The molecule has 3 aromatic rings. The van der Waals surface area contributed by atoms with Gasteiger partial charge in [-0.1, -0.05) is 0 Å². The van der Waals surface area contributed by atoms with Gasteiger partial charge in [0.05, 0.1) is 16.6 Å². The number of nitrogens with zero attached hydrogens (tertiary/aromatic N) is 3. The zero-order valence-electron chi connectivity index (χ0n) is 13.3. The largest absolute Gasteiger partial charge is 0.349 e. The minimum Gasteiger partial charge on any atom is -0.349 e. The van der Waals surface area contributed by atoms with Gasteiger partial charge < -0.3 is 9.55 Å². The summed E-state index contributed by atoms with van der Waals surface area (Å²) in [6.45, 7) is 7.05. The van der Waals surface area contributed by atoms with Gasteiger partial charge in [0, 0.05) is 17.9 Å². The molecule has 116 valence electrons. The van der Waals surface area contributed by atoms with E-state index in [1.807, 2.05) is 19.9 Å². The van der Waals surface area contributed by atoms with Crippen molar-refractivity contribution in [2.75, 3.05) is 0 Å². The molecule has 2 heterocycles. The first-order chi connectivity index (χ1) is 11.0. The first-order valence-corrected chi connectivity index (χ1v) is 7.47. The van der Waals surface area contributed by atoms with Crippen LogP contribution in [0.15, 0.2) is 24.3 Å². The van der Waals surface area contributed by atoms with Crippen LogP contribution < -0.4 is 0 Å². The summed E-state index contributed by atoms with van der Waals surface area (Å²) >= 11 is 0. The molecule has 0 amide bonds. The number of fused-ring (bicyclic) bond motifs is 1. The first-order valence-electron chi connectivity index (χ1n) is 7.47. The van der Waals surface area contributed by atoms with E-state index in [4.69, 9.17) is 0 Å². The summed E-state index contributed by atoms with van der Waals surface area (Å²) in [6, 6.07) is 8.57. The molecule has 0 aliphatic carbocycles. The Hall–Kier alpha value is -2.87. The summed E-state index contributed by atoms with van der Waals surface area (Å²) in [5.74, 6) is 0.121. The van der Waals surface area contributed by atoms with E-state index in [9.17, 15) is 9.65 Å². The molecule has 1 aromatic carbocycles. The number of aromatic nitrogens is 3. The molecule has 0 spiro atoms. The highest BCUT2D eigenvalue weighted by Gasteiger charge is 2.11. The zero-order valence-corrected chi connectivity index (χ0v) is 13.3. The smallest absolute Gasteiger partial charge is 0.149 e. The number of nitrogens with one attached hydrogen (secondary N) is 1. The molecule has 0 bridgehead atoms. The molecule has 1 N–H and O–H groups in total. The number of nitriles is 1. The van der Waals surface area contributed by atoms with Crippen LogP contribution in [-0.4, -0.2) is 14.5 Å².